The molecule has 1 aliphatic rings. The summed E-state index contributed by atoms with van der Waals surface area (Å²) < 4.78 is 1.000. The minimum absolute atomic E-state index is 0.624. The van der Waals surface area contributed by atoms with E-state index in [1.807, 2.05) is 0 Å². The van der Waals surface area contributed by atoms with Crippen molar-refractivity contribution in [1.82, 2.24) is 9.97 Å². The highest BCUT2D eigenvalue weighted by Crippen LogP contribution is 2.34. The second-order valence-electron chi connectivity index (χ2n) is 5.02. The Balaban J connectivity index is 2.25. The lowest BCUT2D eigenvalue weighted by molar-refractivity contribution is 0.431. The molecular formula is C14H23BrN4. The molecule has 1 fully saturated rings. The van der Waals surface area contributed by atoms with E-state index in [0.29, 0.717) is 6.04 Å². The van der Waals surface area contributed by atoms with Gasteiger partial charge in [-0.3, -0.25) is 0 Å². The summed E-state index contributed by atoms with van der Waals surface area (Å²) in [6, 6.07) is 0.624. The standard InChI is InChI=1S/C14H23BrN4/c1-3-7-11-8-5-6-9-19(11)14-12(15)13(16-4-2)17-10-18-14/h10-11H,3-9H2,1-2H3,(H,16,17,18). The van der Waals surface area contributed by atoms with Crippen LogP contribution in [0.2, 0.25) is 0 Å². The Morgan fingerprint density at radius 1 is 1.37 bits per heavy atom. The molecule has 1 unspecified atom stereocenters. The highest BCUT2D eigenvalue weighted by molar-refractivity contribution is 9.10. The van der Waals surface area contributed by atoms with Crippen LogP contribution in [-0.4, -0.2) is 29.1 Å². The molecule has 4 nitrogen and oxygen atoms in total. The van der Waals surface area contributed by atoms with Gasteiger partial charge in [-0.1, -0.05) is 13.3 Å². The Morgan fingerprint density at radius 2 is 2.21 bits per heavy atom. The first-order valence-corrected chi connectivity index (χ1v) is 8.08. The molecule has 1 saturated heterocycles. The third-order valence-corrected chi connectivity index (χ3v) is 4.37. The van der Waals surface area contributed by atoms with Crippen molar-refractivity contribution in [2.24, 2.45) is 0 Å². The number of anilines is 2. The van der Waals surface area contributed by atoms with E-state index in [0.717, 1.165) is 29.2 Å². The lowest BCUT2D eigenvalue weighted by Crippen LogP contribution is -2.40. The molecule has 2 heterocycles. The van der Waals surface area contributed by atoms with Crippen molar-refractivity contribution in [3.8, 4) is 0 Å². The van der Waals surface area contributed by atoms with Crippen LogP contribution in [0.15, 0.2) is 10.8 Å². The predicted molar refractivity (Wildman–Crippen MR) is 83.8 cm³/mol. The van der Waals surface area contributed by atoms with Crippen LogP contribution < -0.4 is 10.2 Å². The normalized spacial score (nSPS) is 19.5. The van der Waals surface area contributed by atoms with Crippen LogP contribution >= 0.6 is 15.9 Å². The summed E-state index contributed by atoms with van der Waals surface area (Å²) in [6.07, 6.45) is 8.00. The van der Waals surface area contributed by atoms with Gasteiger partial charge in [0, 0.05) is 19.1 Å². The monoisotopic (exact) mass is 326 g/mol. The van der Waals surface area contributed by atoms with Crippen molar-refractivity contribution in [3.05, 3.63) is 10.8 Å². The fraction of sp³-hybridized carbons (Fsp3) is 0.714. The molecule has 0 aliphatic carbocycles. The number of halogens is 1. The largest absolute Gasteiger partial charge is 0.369 e. The third kappa shape index (κ3) is 3.38. The molecule has 19 heavy (non-hydrogen) atoms. The molecular weight excluding hydrogens is 304 g/mol. The molecule has 1 aromatic rings. The number of nitrogens with one attached hydrogen (secondary N) is 1. The van der Waals surface area contributed by atoms with Crippen molar-refractivity contribution in [2.45, 2.75) is 52.0 Å². The summed E-state index contributed by atoms with van der Waals surface area (Å²) in [6.45, 7) is 6.31. The van der Waals surface area contributed by atoms with Gasteiger partial charge in [0.25, 0.3) is 0 Å². The molecule has 1 aromatic heterocycles. The molecule has 2 rings (SSSR count). The Bertz CT molecular complexity index is 408. The van der Waals surface area contributed by atoms with Crippen LogP contribution in [0.5, 0.6) is 0 Å². The molecule has 5 heteroatoms. The fourth-order valence-electron chi connectivity index (χ4n) is 2.76. The first-order chi connectivity index (χ1) is 9.27. The van der Waals surface area contributed by atoms with E-state index in [1.54, 1.807) is 6.33 Å². The Morgan fingerprint density at radius 3 is 2.95 bits per heavy atom. The zero-order valence-electron chi connectivity index (χ0n) is 11.8. The van der Waals surface area contributed by atoms with Crippen LogP contribution in [0.3, 0.4) is 0 Å². The van der Waals surface area contributed by atoms with Gasteiger partial charge in [0.15, 0.2) is 0 Å². The van der Waals surface area contributed by atoms with Crippen LogP contribution in [0.4, 0.5) is 11.6 Å². The van der Waals surface area contributed by atoms with Crippen molar-refractivity contribution in [2.75, 3.05) is 23.3 Å². The molecule has 1 N–H and O–H groups in total. The van der Waals surface area contributed by atoms with E-state index in [4.69, 9.17) is 0 Å². The smallest absolute Gasteiger partial charge is 0.148 e. The van der Waals surface area contributed by atoms with Gasteiger partial charge in [0.1, 0.15) is 22.4 Å². The first-order valence-electron chi connectivity index (χ1n) is 7.28. The highest BCUT2D eigenvalue weighted by Gasteiger charge is 2.25. The van der Waals surface area contributed by atoms with Crippen molar-refractivity contribution < 1.29 is 0 Å². The van der Waals surface area contributed by atoms with Gasteiger partial charge in [-0.15, -0.1) is 0 Å². The number of piperidine rings is 1. The molecule has 1 aliphatic heterocycles. The average molecular weight is 327 g/mol. The maximum absolute atomic E-state index is 4.51. The van der Waals surface area contributed by atoms with Gasteiger partial charge in [0.05, 0.1) is 0 Å². The van der Waals surface area contributed by atoms with Crippen molar-refractivity contribution in [1.29, 1.82) is 0 Å². The lowest BCUT2D eigenvalue weighted by atomic mass is 9.98. The molecule has 0 radical (unpaired) electrons. The molecule has 106 valence electrons. The second-order valence-corrected chi connectivity index (χ2v) is 5.81. The first kappa shape index (κ1) is 14.6. The number of aromatic nitrogens is 2. The van der Waals surface area contributed by atoms with Gasteiger partial charge in [-0.2, -0.15) is 0 Å². The SMILES string of the molecule is CCCC1CCCCN1c1ncnc(NCC)c1Br. The second kappa shape index (κ2) is 7.08. The van der Waals surface area contributed by atoms with E-state index in [2.05, 4.69) is 50.0 Å². The minimum atomic E-state index is 0.624. The van der Waals surface area contributed by atoms with Crippen molar-refractivity contribution >= 4 is 27.6 Å². The average Bonchev–Trinajstić information content (AvgIpc) is 2.43. The number of rotatable bonds is 5. The maximum Gasteiger partial charge on any atom is 0.148 e. The maximum atomic E-state index is 4.51. The van der Waals surface area contributed by atoms with Crippen LogP contribution in [0.1, 0.15) is 46.0 Å². The highest BCUT2D eigenvalue weighted by atomic mass is 79.9. The van der Waals surface area contributed by atoms with E-state index in [1.165, 1.54) is 32.1 Å². The van der Waals surface area contributed by atoms with Crippen molar-refractivity contribution in [3.63, 3.8) is 0 Å². The lowest BCUT2D eigenvalue weighted by Gasteiger charge is -2.37. The van der Waals surface area contributed by atoms with Crippen LogP contribution in [0, 0.1) is 0 Å². The summed E-state index contributed by atoms with van der Waals surface area (Å²) in [5.41, 5.74) is 0. The number of hydrogen-bond donors (Lipinski definition) is 1. The predicted octanol–water partition coefficient (Wildman–Crippen LogP) is 3.83. The molecule has 0 bridgehead atoms. The zero-order valence-corrected chi connectivity index (χ0v) is 13.4. The van der Waals surface area contributed by atoms with Gasteiger partial charge >= 0.3 is 0 Å². The topological polar surface area (TPSA) is 41.1 Å². The summed E-state index contributed by atoms with van der Waals surface area (Å²) in [4.78, 5) is 11.3. The summed E-state index contributed by atoms with van der Waals surface area (Å²) in [5, 5.41) is 3.28. The van der Waals surface area contributed by atoms with E-state index < -0.39 is 0 Å². The van der Waals surface area contributed by atoms with Crippen LogP contribution in [0.25, 0.3) is 0 Å². The van der Waals surface area contributed by atoms with E-state index in [-0.39, 0.29) is 0 Å². The van der Waals surface area contributed by atoms with Gasteiger partial charge in [0.2, 0.25) is 0 Å². The molecule has 0 aromatic carbocycles. The molecule has 0 amide bonds. The van der Waals surface area contributed by atoms with Gasteiger partial charge in [-0.05, 0) is 48.5 Å². The number of nitrogens with zero attached hydrogens (tertiary/aromatic N) is 3. The van der Waals surface area contributed by atoms with Crippen LogP contribution in [-0.2, 0) is 0 Å². The van der Waals surface area contributed by atoms with E-state index >= 15 is 0 Å². The molecule has 0 spiro atoms. The summed E-state index contributed by atoms with van der Waals surface area (Å²) >= 11 is 3.67. The summed E-state index contributed by atoms with van der Waals surface area (Å²) in [7, 11) is 0. The zero-order chi connectivity index (χ0) is 13.7. The quantitative estimate of drug-likeness (QED) is 0.892. The summed E-state index contributed by atoms with van der Waals surface area (Å²) in [5.74, 6) is 1.94. The van der Waals surface area contributed by atoms with Gasteiger partial charge in [-0.25, -0.2) is 9.97 Å². The third-order valence-electron chi connectivity index (χ3n) is 3.64. The minimum Gasteiger partial charge on any atom is -0.369 e. The fourth-order valence-corrected chi connectivity index (χ4v) is 3.34. The molecule has 1 atom stereocenters. The van der Waals surface area contributed by atoms with Gasteiger partial charge < -0.3 is 10.2 Å². The van der Waals surface area contributed by atoms with E-state index in [9.17, 15) is 0 Å². The molecule has 0 saturated carbocycles. The number of hydrogen-bond acceptors (Lipinski definition) is 4. The Hall–Kier alpha value is -0.840. The Labute approximate surface area is 124 Å². The Kier molecular flexibility index (Phi) is 5.43.